The Morgan fingerprint density at radius 3 is 2.48 bits per heavy atom. The number of hydrogen-bond acceptors (Lipinski definition) is 3. The molecular weight excluding hydrogens is 445 g/mol. The molecule has 2 aliphatic rings. The molecule has 2 saturated carbocycles. The maximum Gasteiger partial charge on any atom is 0.391 e. The molecule has 5 nitrogen and oxygen atoms in total. The third-order valence-corrected chi connectivity index (χ3v) is 7.59. The fraction of sp³-hybridized carbons (Fsp3) is 0.609. The van der Waals surface area contributed by atoms with E-state index >= 15 is 0 Å². The number of aromatic amines is 1. The fourth-order valence-corrected chi connectivity index (χ4v) is 5.73. The lowest BCUT2D eigenvalue weighted by Gasteiger charge is -2.45. The van der Waals surface area contributed by atoms with E-state index in [1.807, 2.05) is 0 Å². The Labute approximate surface area is 187 Å². The van der Waals surface area contributed by atoms with Gasteiger partial charge in [0.2, 0.25) is 0 Å². The number of alkyl halides is 5. The average Bonchev–Trinajstić information content (AvgIpc) is 2.74. The Bertz CT molecular complexity index is 1110. The summed E-state index contributed by atoms with van der Waals surface area (Å²) >= 11 is 0. The van der Waals surface area contributed by atoms with Crippen molar-refractivity contribution in [3.63, 3.8) is 0 Å². The van der Waals surface area contributed by atoms with E-state index in [1.165, 1.54) is 25.3 Å². The van der Waals surface area contributed by atoms with Gasteiger partial charge in [-0.2, -0.15) is 13.2 Å². The summed E-state index contributed by atoms with van der Waals surface area (Å²) in [5, 5.41) is -0.00748. The van der Waals surface area contributed by atoms with Gasteiger partial charge in [-0.05, 0) is 50.0 Å². The van der Waals surface area contributed by atoms with Gasteiger partial charge in [-0.25, -0.2) is 8.78 Å². The second-order valence-electron chi connectivity index (χ2n) is 9.56. The second-order valence-corrected chi connectivity index (χ2v) is 9.56. The maximum absolute atomic E-state index is 14.8. The summed E-state index contributed by atoms with van der Waals surface area (Å²) in [6.45, 7) is 1.47. The molecule has 2 aliphatic carbocycles. The minimum Gasteiger partial charge on any atom is -0.364 e. The molecule has 2 aromatic heterocycles. The van der Waals surface area contributed by atoms with Crippen molar-refractivity contribution >= 4 is 16.8 Å². The van der Waals surface area contributed by atoms with Crippen molar-refractivity contribution in [1.29, 1.82) is 0 Å². The second kappa shape index (κ2) is 8.36. The van der Waals surface area contributed by atoms with E-state index in [4.69, 9.17) is 5.73 Å². The number of nitrogens with one attached hydrogen (secondary N) is 1. The number of fused-ring (bicyclic) bond motifs is 1. The third kappa shape index (κ3) is 4.48. The van der Waals surface area contributed by atoms with Crippen molar-refractivity contribution < 1.29 is 26.7 Å². The first kappa shape index (κ1) is 23.6. The van der Waals surface area contributed by atoms with Gasteiger partial charge >= 0.3 is 6.18 Å². The van der Waals surface area contributed by atoms with Crippen molar-refractivity contribution in [1.82, 2.24) is 9.97 Å². The lowest BCUT2D eigenvalue weighted by atomic mass is 9.62. The minimum atomic E-state index is -4.24. The van der Waals surface area contributed by atoms with Gasteiger partial charge in [0.1, 0.15) is 5.69 Å². The molecule has 2 fully saturated rings. The number of primary amides is 1. The Morgan fingerprint density at radius 1 is 1.21 bits per heavy atom. The summed E-state index contributed by atoms with van der Waals surface area (Å²) in [7, 11) is 0. The third-order valence-electron chi connectivity index (χ3n) is 7.59. The molecule has 0 aromatic carbocycles. The minimum absolute atomic E-state index is 0.00748. The van der Waals surface area contributed by atoms with E-state index < -0.39 is 47.6 Å². The number of H-pyrrole nitrogens is 1. The zero-order valence-electron chi connectivity index (χ0n) is 18.1. The van der Waals surface area contributed by atoms with Crippen LogP contribution in [0.15, 0.2) is 23.1 Å². The summed E-state index contributed by atoms with van der Waals surface area (Å²) in [6.07, 6.45) is -2.65. The largest absolute Gasteiger partial charge is 0.391 e. The lowest BCUT2D eigenvalue weighted by molar-refractivity contribution is -0.186. The van der Waals surface area contributed by atoms with E-state index in [0.717, 1.165) is 0 Å². The standard InChI is InChI=1S/C23H26F5N3O2/c1-11-8-14(12-2-4-13(5-3-12)23(26,27)28)15(10-22(11,24)25)17-9-18(32)19-16(31-17)6-7-30-20(19)21(29)33/h6-7,9,11-15H,2-5,8,10H2,1H3,(H2,29,33)(H,31,32)/t11-,12?,13?,14+,15?/m0/s1. The Morgan fingerprint density at radius 2 is 1.88 bits per heavy atom. The van der Waals surface area contributed by atoms with Crippen LogP contribution in [0.1, 0.15) is 67.5 Å². The van der Waals surface area contributed by atoms with Gasteiger partial charge in [-0.3, -0.25) is 14.6 Å². The lowest BCUT2D eigenvalue weighted by Crippen LogP contribution is -2.42. The number of aromatic nitrogens is 2. The van der Waals surface area contributed by atoms with Crippen molar-refractivity contribution in [2.45, 2.75) is 63.5 Å². The van der Waals surface area contributed by atoms with Crippen LogP contribution in [0, 0.1) is 23.7 Å². The van der Waals surface area contributed by atoms with Gasteiger partial charge in [-0.1, -0.05) is 6.92 Å². The van der Waals surface area contributed by atoms with Crippen LogP contribution in [0.4, 0.5) is 22.0 Å². The summed E-state index contributed by atoms with van der Waals surface area (Å²) in [4.78, 5) is 31.4. The van der Waals surface area contributed by atoms with E-state index in [2.05, 4.69) is 9.97 Å². The summed E-state index contributed by atoms with van der Waals surface area (Å²) < 4.78 is 68.9. The molecule has 0 saturated heterocycles. The predicted molar refractivity (Wildman–Crippen MR) is 112 cm³/mol. The van der Waals surface area contributed by atoms with Gasteiger partial charge in [0.25, 0.3) is 11.8 Å². The van der Waals surface area contributed by atoms with E-state index in [-0.39, 0.29) is 47.7 Å². The highest BCUT2D eigenvalue weighted by Gasteiger charge is 2.51. The zero-order chi connectivity index (χ0) is 24.1. The van der Waals surface area contributed by atoms with E-state index in [0.29, 0.717) is 18.5 Å². The van der Waals surface area contributed by atoms with Crippen LogP contribution in [0.5, 0.6) is 0 Å². The quantitative estimate of drug-likeness (QED) is 0.607. The Kier molecular flexibility index (Phi) is 5.99. The zero-order valence-corrected chi connectivity index (χ0v) is 18.1. The maximum atomic E-state index is 14.8. The molecule has 10 heteroatoms. The number of amides is 1. The van der Waals surface area contributed by atoms with Crippen LogP contribution in [-0.4, -0.2) is 28.0 Å². The van der Waals surface area contributed by atoms with Crippen molar-refractivity contribution in [2.24, 2.45) is 29.4 Å². The molecule has 1 unspecified atom stereocenters. The van der Waals surface area contributed by atoms with E-state index in [1.54, 1.807) is 0 Å². The molecule has 0 bridgehead atoms. The van der Waals surface area contributed by atoms with Gasteiger partial charge in [0, 0.05) is 36.2 Å². The number of halogens is 5. The Balaban J connectivity index is 1.71. The Hall–Kier alpha value is -2.52. The van der Waals surface area contributed by atoms with Crippen LogP contribution in [-0.2, 0) is 0 Å². The van der Waals surface area contributed by atoms with Crippen LogP contribution < -0.4 is 11.2 Å². The highest BCUT2D eigenvalue weighted by molar-refractivity contribution is 6.03. The molecule has 3 atom stereocenters. The van der Waals surface area contributed by atoms with Crippen molar-refractivity contribution in [3.05, 3.63) is 39.9 Å². The van der Waals surface area contributed by atoms with Gasteiger partial charge in [-0.15, -0.1) is 0 Å². The number of nitrogens with two attached hydrogens (primary N) is 1. The monoisotopic (exact) mass is 471 g/mol. The highest BCUT2D eigenvalue weighted by Crippen LogP contribution is 2.54. The highest BCUT2D eigenvalue weighted by atomic mass is 19.4. The molecule has 0 spiro atoms. The first-order valence-corrected chi connectivity index (χ1v) is 11.1. The number of carbonyl (C=O) groups is 1. The predicted octanol–water partition coefficient (Wildman–Crippen LogP) is 5.16. The summed E-state index contributed by atoms with van der Waals surface area (Å²) in [5.41, 5.74) is 5.13. The van der Waals surface area contributed by atoms with Crippen LogP contribution >= 0.6 is 0 Å². The van der Waals surface area contributed by atoms with Gasteiger partial charge < -0.3 is 10.7 Å². The number of carbonyl (C=O) groups excluding carboxylic acids is 1. The molecule has 1 amide bonds. The molecule has 2 heterocycles. The van der Waals surface area contributed by atoms with Gasteiger partial charge in [0.15, 0.2) is 5.43 Å². The first-order chi connectivity index (χ1) is 15.4. The van der Waals surface area contributed by atoms with Gasteiger partial charge in [0.05, 0.1) is 16.8 Å². The SMILES string of the molecule is C[C@H]1C[C@H](C2CCC(C(F)(F)F)CC2)C(c2cc(=O)c3c(C(N)=O)nccc3[nH]2)CC1(F)F. The van der Waals surface area contributed by atoms with Crippen LogP contribution in [0.2, 0.25) is 0 Å². The average molecular weight is 471 g/mol. The number of nitrogens with zero attached hydrogens (tertiary/aromatic N) is 1. The molecule has 4 rings (SSSR count). The summed E-state index contributed by atoms with van der Waals surface area (Å²) in [6, 6.07) is 2.68. The normalized spacial score (nSPS) is 30.3. The number of hydrogen-bond donors (Lipinski definition) is 2. The molecular formula is C23H26F5N3O2. The van der Waals surface area contributed by atoms with Crippen molar-refractivity contribution in [3.8, 4) is 0 Å². The molecule has 0 aliphatic heterocycles. The topological polar surface area (TPSA) is 88.8 Å². The first-order valence-electron chi connectivity index (χ1n) is 11.1. The molecule has 3 N–H and O–H groups in total. The number of pyridine rings is 2. The van der Waals surface area contributed by atoms with Crippen LogP contribution in [0.25, 0.3) is 10.9 Å². The summed E-state index contributed by atoms with van der Waals surface area (Å²) in [5.74, 6) is -7.23. The molecule has 0 radical (unpaired) electrons. The molecule has 33 heavy (non-hydrogen) atoms. The smallest absolute Gasteiger partial charge is 0.364 e. The van der Waals surface area contributed by atoms with Crippen LogP contribution in [0.3, 0.4) is 0 Å². The molecule has 2 aromatic rings. The molecule has 180 valence electrons. The van der Waals surface area contributed by atoms with E-state index in [9.17, 15) is 31.5 Å². The number of rotatable bonds is 3. The van der Waals surface area contributed by atoms with Crippen molar-refractivity contribution in [2.75, 3.05) is 0 Å². The fourth-order valence-electron chi connectivity index (χ4n) is 5.73.